The van der Waals surface area contributed by atoms with E-state index in [2.05, 4.69) is 17.1 Å². The minimum Gasteiger partial charge on any atom is -0.358 e. The number of hydrogen-bond donors (Lipinski definition) is 1. The Bertz CT molecular complexity index is 170. The minimum absolute atomic E-state index is 0.142. The summed E-state index contributed by atoms with van der Waals surface area (Å²) in [6.45, 7) is 3.88. The van der Waals surface area contributed by atoms with Gasteiger partial charge in [-0.1, -0.05) is 13.3 Å². The number of likely N-dealkylation sites (tertiary alicyclic amines) is 1. The summed E-state index contributed by atoms with van der Waals surface area (Å²) in [6, 6.07) is 0.655. The molecule has 1 amide bonds. The Balaban J connectivity index is 2.34. The van der Waals surface area contributed by atoms with Gasteiger partial charge in [-0.15, -0.1) is 0 Å². The lowest BCUT2D eigenvalue weighted by atomic mass is 10.1. The van der Waals surface area contributed by atoms with Gasteiger partial charge in [0.2, 0.25) is 5.91 Å². The molecule has 0 aromatic carbocycles. The van der Waals surface area contributed by atoms with E-state index < -0.39 is 0 Å². The summed E-state index contributed by atoms with van der Waals surface area (Å²) < 4.78 is 0. The van der Waals surface area contributed by atoms with Gasteiger partial charge in [0, 0.05) is 13.1 Å². The Morgan fingerprint density at radius 2 is 2.38 bits per heavy atom. The molecule has 0 spiro atoms. The fraction of sp³-hybridized carbons (Fsp3) is 0.900. The van der Waals surface area contributed by atoms with Crippen LogP contribution in [0.4, 0.5) is 0 Å². The molecule has 0 aromatic heterocycles. The molecule has 1 rings (SSSR count). The molecule has 1 aliphatic heterocycles. The van der Waals surface area contributed by atoms with Crippen LogP contribution in [0, 0.1) is 0 Å². The van der Waals surface area contributed by atoms with E-state index in [1.165, 1.54) is 25.7 Å². The van der Waals surface area contributed by atoms with Crippen molar-refractivity contribution < 1.29 is 4.79 Å². The first kappa shape index (κ1) is 10.5. The van der Waals surface area contributed by atoms with Crippen LogP contribution in [-0.4, -0.2) is 37.0 Å². The van der Waals surface area contributed by atoms with Gasteiger partial charge in [0.1, 0.15) is 0 Å². The number of amides is 1. The number of nitrogens with one attached hydrogen (secondary N) is 1. The zero-order valence-corrected chi connectivity index (χ0v) is 8.68. The van der Waals surface area contributed by atoms with Crippen molar-refractivity contribution in [2.24, 2.45) is 0 Å². The highest BCUT2D eigenvalue weighted by atomic mass is 16.2. The first-order valence-corrected chi connectivity index (χ1v) is 5.22. The van der Waals surface area contributed by atoms with Crippen LogP contribution in [-0.2, 0) is 4.79 Å². The predicted octanol–water partition coefficient (Wildman–Crippen LogP) is 0.997. The Labute approximate surface area is 80.5 Å². The highest BCUT2D eigenvalue weighted by molar-refractivity contribution is 5.77. The van der Waals surface area contributed by atoms with Crippen molar-refractivity contribution in [1.82, 2.24) is 10.2 Å². The molecule has 0 bridgehead atoms. The molecule has 1 fully saturated rings. The molecular weight excluding hydrogens is 167 g/mol. The molecule has 0 aliphatic carbocycles. The largest absolute Gasteiger partial charge is 0.358 e. The van der Waals surface area contributed by atoms with Gasteiger partial charge in [-0.25, -0.2) is 0 Å². The highest BCUT2D eigenvalue weighted by Crippen LogP contribution is 2.20. The lowest BCUT2D eigenvalue weighted by Gasteiger charge is -2.22. The fourth-order valence-corrected chi connectivity index (χ4v) is 2.03. The van der Waals surface area contributed by atoms with Crippen LogP contribution < -0.4 is 5.32 Å². The van der Waals surface area contributed by atoms with Crippen LogP contribution in [0.2, 0.25) is 0 Å². The van der Waals surface area contributed by atoms with Gasteiger partial charge in [0.25, 0.3) is 0 Å². The summed E-state index contributed by atoms with van der Waals surface area (Å²) in [4.78, 5) is 13.5. The van der Waals surface area contributed by atoms with Crippen molar-refractivity contribution >= 4 is 5.91 Å². The molecule has 1 unspecified atom stereocenters. The van der Waals surface area contributed by atoms with E-state index in [9.17, 15) is 4.79 Å². The van der Waals surface area contributed by atoms with E-state index >= 15 is 0 Å². The van der Waals surface area contributed by atoms with Crippen molar-refractivity contribution in [2.75, 3.05) is 20.1 Å². The SMILES string of the molecule is CCCC1CCC[15N]1CC(=O)[15NH][13CH3]. The Morgan fingerprint density at radius 1 is 1.62 bits per heavy atom. The second kappa shape index (κ2) is 5.22. The van der Waals surface area contributed by atoms with Gasteiger partial charge >= 0.3 is 0 Å². The van der Waals surface area contributed by atoms with Crippen LogP contribution in [0.1, 0.15) is 32.6 Å². The molecule has 13 heavy (non-hydrogen) atoms. The Hall–Kier alpha value is -0.570. The third-order valence-corrected chi connectivity index (χ3v) is 2.75. The Morgan fingerprint density at radius 3 is 3.00 bits per heavy atom. The fourth-order valence-electron chi connectivity index (χ4n) is 2.03. The lowest BCUT2D eigenvalue weighted by molar-refractivity contribution is -0.122. The number of carbonyl (C=O) groups excluding carboxylic acids is 1. The molecule has 1 N–H and O–H groups in total. The van der Waals surface area contributed by atoms with E-state index in [4.69, 9.17) is 0 Å². The maximum atomic E-state index is 11.2. The third kappa shape index (κ3) is 2.99. The summed E-state index contributed by atoms with van der Waals surface area (Å²) in [5.41, 5.74) is 0. The third-order valence-electron chi connectivity index (χ3n) is 2.75. The summed E-state index contributed by atoms with van der Waals surface area (Å²) in [5, 5.41) is 2.67. The second-order valence-corrected chi connectivity index (χ2v) is 3.73. The average molecular weight is 187 g/mol. The van der Waals surface area contributed by atoms with Crippen LogP contribution in [0.5, 0.6) is 0 Å². The Kier molecular flexibility index (Phi) is 4.22. The predicted molar refractivity (Wildman–Crippen MR) is 53.6 cm³/mol. The van der Waals surface area contributed by atoms with Gasteiger partial charge in [0.05, 0.1) is 6.54 Å². The maximum Gasteiger partial charge on any atom is 0.233 e. The van der Waals surface area contributed by atoms with Gasteiger partial charge in [-0.2, -0.15) is 0 Å². The van der Waals surface area contributed by atoms with Crippen LogP contribution in [0.15, 0.2) is 0 Å². The molecule has 1 aliphatic rings. The zero-order valence-electron chi connectivity index (χ0n) is 8.68. The van der Waals surface area contributed by atoms with Crippen molar-refractivity contribution in [3.8, 4) is 0 Å². The first-order valence-electron chi connectivity index (χ1n) is 5.22. The molecular formula is C10H20N2O. The molecule has 1 heterocycles. The summed E-state index contributed by atoms with van der Waals surface area (Å²) in [6.07, 6.45) is 4.97. The molecule has 1 atom stereocenters. The number of likely N-dealkylation sites (N-methyl/N-ethyl adjacent to an activating group) is 1. The number of nitrogens with zero attached hydrogens (tertiary/aromatic N) is 1. The van der Waals surface area contributed by atoms with Crippen LogP contribution in [0.3, 0.4) is 0 Å². The number of rotatable bonds is 4. The summed E-state index contributed by atoms with van der Waals surface area (Å²) >= 11 is 0. The smallest absolute Gasteiger partial charge is 0.233 e. The van der Waals surface area contributed by atoms with Crippen LogP contribution in [0.25, 0.3) is 0 Å². The average Bonchev–Trinajstić information content (AvgIpc) is 2.54. The monoisotopic (exact) mass is 187 g/mol. The van der Waals surface area contributed by atoms with Crippen molar-refractivity contribution in [3.05, 3.63) is 0 Å². The van der Waals surface area contributed by atoms with Gasteiger partial charge < -0.3 is 5.32 Å². The van der Waals surface area contributed by atoms with E-state index in [0.29, 0.717) is 12.6 Å². The maximum absolute atomic E-state index is 11.2. The molecule has 0 radical (unpaired) electrons. The highest BCUT2D eigenvalue weighted by Gasteiger charge is 2.24. The van der Waals surface area contributed by atoms with E-state index in [-0.39, 0.29) is 5.91 Å². The van der Waals surface area contributed by atoms with Gasteiger partial charge in [0.15, 0.2) is 0 Å². The quantitative estimate of drug-likeness (QED) is 0.526. The van der Waals surface area contributed by atoms with Crippen molar-refractivity contribution in [1.29, 1.82) is 0 Å². The van der Waals surface area contributed by atoms with Gasteiger partial charge in [-0.05, 0) is 25.8 Å². The summed E-state index contributed by atoms with van der Waals surface area (Å²) in [5.74, 6) is 0.142. The minimum atomic E-state index is 0.142. The van der Waals surface area contributed by atoms with Crippen LogP contribution >= 0.6 is 0 Å². The zero-order chi connectivity index (χ0) is 9.68. The normalized spacial score (nSPS) is 23.4. The topological polar surface area (TPSA) is 32.3 Å². The summed E-state index contributed by atoms with van der Waals surface area (Å²) in [7, 11) is 1.70. The first-order chi connectivity index (χ1) is 6.27. The van der Waals surface area contributed by atoms with Crippen molar-refractivity contribution in [2.45, 2.75) is 38.6 Å². The van der Waals surface area contributed by atoms with Crippen molar-refractivity contribution in [3.63, 3.8) is 0 Å². The molecule has 0 saturated carbocycles. The number of hydrogen-bond acceptors (Lipinski definition) is 2. The molecule has 3 nitrogen and oxygen atoms in total. The van der Waals surface area contributed by atoms with E-state index in [0.717, 1.165) is 6.54 Å². The van der Waals surface area contributed by atoms with E-state index in [1.54, 1.807) is 7.05 Å². The second-order valence-electron chi connectivity index (χ2n) is 3.73. The molecule has 1 saturated heterocycles. The number of carbonyl (C=O) groups is 1. The standard InChI is InChI=1S/C10H20N2O/c1-3-5-9-6-4-7-12(9)8-10(13)11-2/h9H,3-8H2,1-2H3,(H,11,13)/i2+1,11+1,12+1. The van der Waals surface area contributed by atoms with E-state index in [1.807, 2.05) is 0 Å². The molecule has 76 valence electrons. The van der Waals surface area contributed by atoms with Gasteiger partial charge in [-0.3, -0.25) is 9.69 Å². The molecule has 3 heteroatoms. The lowest BCUT2D eigenvalue weighted by Crippen LogP contribution is -2.38. The molecule has 0 aromatic rings.